The van der Waals surface area contributed by atoms with Crippen molar-refractivity contribution in [2.75, 3.05) is 7.11 Å². The number of benzene rings is 2. The molecule has 0 heterocycles. The lowest BCUT2D eigenvalue weighted by Gasteiger charge is -2.29. The third-order valence-corrected chi connectivity index (χ3v) is 3.15. The second-order valence-electron chi connectivity index (χ2n) is 4.43. The zero-order chi connectivity index (χ0) is 14.3. The lowest BCUT2D eigenvalue weighted by atomic mass is 9.89. The minimum atomic E-state index is -4.79. The van der Waals surface area contributed by atoms with Gasteiger partial charge in [0.25, 0.3) is 0 Å². The van der Waals surface area contributed by atoms with E-state index in [9.17, 15) is 18.3 Å². The van der Waals surface area contributed by atoms with Crippen molar-refractivity contribution in [3.8, 4) is 5.75 Å². The first-order valence-electron chi connectivity index (χ1n) is 5.64. The average molecular weight is 270 g/mol. The van der Waals surface area contributed by atoms with E-state index in [0.29, 0.717) is 10.8 Å². The summed E-state index contributed by atoms with van der Waals surface area (Å²) in [7, 11) is 1.28. The van der Waals surface area contributed by atoms with E-state index in [1.165, 1.54) is 19.2 Å². The van der Waals surface area contributed by atoms with Crippen LogP contribution < -0.4 is 4.74 Å². The molecule has 2 nitrogen and oxygen atoms in total. The van der Waals surface area contributed by atoms with Crippen LogP contribution in [0.15, 0.2) is 36.4 Å². The molecule has 1 N–H and O–H groups in total. The van der Waals surface area contributed by atoms with Crippen LogP contribution in [0.1, 0.15) is 12.5 Å². The van der Waals surface area contributed by atoms with Gasteiger partial charge in [-0.3, -0.25) is 0 Å². The Morgan fingerprint density at radius 2 is 1.68 bits per heavy atom. The number of ether oxygens (including phenoxy) is 1. The summed E-state index contributed by atoms with van der Waals surface area (Å²) in [4.78, 5) is 0. The van der Waals surface area contributed by atoms with Gasteiger partial charge >= 0.3 is 6.18 Å². The minimum Gasteiger partial charge on any atom is -0.496 e. The molecule has 2 rings (SSSR count). The van der Waals surface area contributed by atoms with E-state index in [2.05, 4.69) is 0 Å². The molecule has 0 aliphatic rings. The predicted molar refractivity (Wildman–Crippen MR) is 66.1 cm³/mol. The average Bonchev–Trinajstić information content (AvgIpc) is 2.35. The van der Waals surface area contributed by atoms with Crippen LogP contribution in [0.25, 0.3) is 10.8 Å². The van der Waals surface area contributed by atoms with E-state index in [4.69, 9.17) is 4.74 Å². The number of hydrogen-bond donors (Lipinski definition) is 1. The van der Waals surface area contributed by atoms with Crippen LogP contribution in [0.4, 0.5) is 13.2 Å². The van der Waals surface area contributed by atoms with E-state index in [-0.39, 0.29) is 11.3 Å². The zero-order valence-electron chi connectivity index (χ0n) is 10.5. The molecule has 0 aliphatic heterocycles. The highest BCUT2D eigenvalue weighted by Gasteiger charge is 2.53. The lowest BCUT2D eigenvalue weighted by Crippen LogP contribution is -2.39. The third kappa shape index (κ3) is 2.14. The van der Waals surface area contributed by atoms with Crippen molar-refractivity contribution in [3.05, 3.63) is 42.0 Å². The van der Waals surface area contributed by atoms with E-state index in [1.807, 2.05) is 0 Å². The maximum Gasteiger partial charge on any atom is 0.421 e. The second-order valence-corrected chi connectivity index (χ2v) is 4.43. The number of methoxy groups -OCH3 is 1. The van der Waals surface area contributed by atoms with Gasteiger partial charge in [-0.25, -0.2) is 0 Å². The normalized spacial score (nSPS) is 15.3. The smallest absolute Gasteiger partial charge is 0.421 e. The van der Waals surface area contributed by atoms with Crippen LogP contribution in [-0.2, 0) is 5.60 Å². The van der Waals surface area contributed by atoms with Crippen molar-refractivity contribution < 1.29 is 23.0 Å². The summed E-state index contributed by atoms with van der Waals surface area (Å²) in [6.45, 7) is 0.733. The Hall–Kier alpha value is -1.75. The van der Waals surface area contributed by atoms with Gasteiger partial charge in [0.1, 0.15) is 5.75 Å². The van der Waals surface area contributed by atoms with Gasteiger partial charge in [-0.15, -0.1) is 0 Å². The van der Waals surface area contributed by atoms with Crippen LogP contribution >= 0.6 is 0 Å². The molecule has 0 amide bonds. The second kappa shape index (κ2) is 4.42. The fourth-order valence-corrected chi connectivity index (χ4v) is 2.07. The molecular formula is C14H13F3O2. The Bertz CT molecular complexity index is 603. The van der Waals surface area contributed by atoms with Crippen LogP contribution in [-0.4, -0.2) is 18.4 Å². The summed E-state index contributed by atoms with van der Waals surface area (Å²) >= 11 is 0. The summed E-state index contributed by atoms with van der Waals surface area (Å²) in [5, 5.41) is 10.9. The third-order valence-electron chi connectivity index (χ3n) is 3.15. The first-order valence-corrected chi connectivity index (χ1v) is 5.64. The van der Waals surface area contributed by atoms with Gasteiger partial charge in [0, 0.05) is 5.56 Å². The van der Waals surface area contributed by atoms with Gasteiger partial charge in [-0.05, 0) is 23.8 Å². The van der Waals surface area contributed by atoms with Crippen LogP contribution in [0, 0.1) is 0 Å². The SMILES string of the molecule is COc1ccc2ccccc2c1C(C)(O)C(F)(F)F. The topological polar surface area (TPSA) is 29.5 Å². The van der Waals surface area contributed by atoms with Crippen molar-refractivity contribution in [1.82, 2.24) is 0 Å². The first kappa shape index (κ1) is 13.7. The van der Waals surface area contributed by atoms with Gasteiger partial charge in [0.2, 0.25) is 0 Å². The Morgan fingerprint density at radius 3 is 2.26 bits per heavy atom. The quantitative estimate of drug-likeness (QED) is 0.903. The standard InChI is InChI=1S/C14H13F3O2/c1-13(18,14(15,16)17)12-10-6-4-3-5-9(10)7-8-11(12)19-2/h3-8,18H,1-2H3. The number of halogens is 3. The van der Waals surface area contributed by atoms with E-state index >= 15 is 0 Å². The molecule has 1 unspecified atom stereocenters. The number of hydrogen-bond acceptors (Lipinski definition) is 2. The van der Waals surface area contributed by atoms with Gasteiger partial charge in [-0.1, -0.05) is 30.3 Å². The number of rotatable bonds is 2. The molecule has 1 atom stereocenters. The van der Waals surface area contributed by atoms with Crippen LogP contribution in [0.5, 0.6) is 5.75 Å². The summed E-state index contributed by atoms with van der Waals surface area (Å²) < 4.78 is 44.1. The van der Waals surface area contributed by atoms with Crippen molar-refractivity contribution in [2.24, 2.45) is 0 Å². The molecule has 0 saturated carbocycles. The Morgan fingerprint density at radius 1 is 1.05 bits per heavy atom. The van der Waals surface area contributed by atoms with Crippen molar-refractivity contribution >= 4 is 10.8 Å². The van der Waals surface area contributed by atoms with Gasteiger partial charge in [0.15, 0.2) is 5.60 Å². The van der Waals surface area contributed by atoms with Gasteiger partial charge in [-0.2, -0.15) is 13.2 Å². The summed E-state index contributed by atoms with van der Waals surface area (Å²) in [5.41, 5.74) is -3.24. The lowest BCUT2D eigenvalue weighted by molar-refractivity contribution is -0.258. The molecular weight excluding hydrogens is 257 g/mol. The predicted octanol–water partition coefficient (Wildman–Crippen LogP) is 3.62. The molecule has 0 aliphatic carbocycles. The number of aliphatic hydroxyl groups is 1. The molecule has 5 heteroatoms. The summed E-state index contributed by atoms with van der Waals surface area (Å²) in [6.07, 6.45) is -4.79. The maximum absolute atomic E-state index is 13.1. The van der Waals surface area contributed by atoms with Gasteiger partial charge < -0.3 is 9.84 Å². The van der Waals surface area contributed by atoms with E-state index in [1.54, 1.807) is 24.3 Å². The highest BCUT2D eigenvalue weighted by atomic mass is 19.4. The summed E-state index contributed by atoms with van der Waals surface area (Å²) in [5.74, 6) is 0.0148. The molecule has 0 bridgehead atoms. The molecule has 19 heavy (non-hydrogen) atoms. The number of fused-ring (bicyclic) bond motifs is 1. The molecule has 102 valence electrons. The first-order chi connectivity index (χ1) is 8.79. The van der Waals surface area contributed by atoms with Crippen LogP contribution in [0.2, 0.25) is 0 Å². The van der Waals surface area contributed by atoms with Crippen LogP contribution in [0.3, 0.4) is 0 Å². The molecule has 0 spiro atoms. The minimum absolute atomic E-state index is 0.0148. The largest absolute Gasteiger partial charge is 0.496 e. The van der Waals surface area contributed by atoms with Crippen molar-refractivity contribution in [2.45, 2.75) is 18.7 Å². The molecule has 0 aromatic heterocycles. The Kier molecular flexibility index (Phi) is 3.18. The Labute approximate surface area is 108 Å². The fourth-order valence-electron chi connectivity index (χ4n) is 2.07. The number of alkyl halides is 3. The molecule has 0 radical (unpaired) electrons. The monoisotopic (exact) mass is 270 g/mol. The molecule has 2 aromatic carbocycles. The van der Waals surface area contributed by atoms with Gasteiger partial charge in [0.05, 0.1) is 7.11 Å². The summed E-state index contributed by atoms with van der Waals surface area (Å²) in [6, 6.07) is 9.65. The van der Waals surface area contributed by atoms with Crippen molar-refractivity contribution in [1.29, 1.82) is 0 Å². The van der Waals surface area contributed by atoms with E-state index in [0.717, 1.165) is 6.92 Å². The van der Waals surface area contributed by atoms with E-state index < -0.39 is 11.8 Å². The molecule has 0 saturated heterocycles. The van der Waals surface area contributed by atoms with Crippen molar-refractivity contribution in [3.63, 3.8) is 0 Å². The Balaban J connectivity index is 2.83. The maximum atomic E-state index is 13.1. The highest BCUT2D eigenvalue weighted by molar-refractivity contribution is 5.88. The molecule has 0 fully saturated rings. The molecule has 2 aromatic rings. The highest BCUT2D eigenvalue weighted by Crippen LogP contribution is 2.45. The fraction of sp³-hybridized carbons (Fsp3) is 0.286. The zero-order valence-corrected chi connectivity index (χ0v) is 10.5.